The number of carbonyl (C=O) groups excluding carboxylic acids is 2. The van der Waals surface area contributed by atoms with E-state index in [1.165, 1.54) is 7.11 Å². The molecule has 0 aromatic carbocycles. The van der Waals surface area contributed by atoms with E-state index in [1.807, 2.05) is 0 Å². The number of Topliss-reactive ketones (excluding diaryl/α,β-unsaturated/α-hetero) is 1. The maximum atomic E-state index is 11.8. The maximum Gasteiger partial charge on any atom is 0.326 e. The van der Waals surface area contributed by atoms with Crippen molar-refractivity contribution in [3.63, 3.8) is 0 Å². The number of carboxylic acid groups (broad SMARTS) is 1. The monoisotopic (exact) mass is 285 g/mol. The zero-order valence-corrected chi connectivity index (χ0v) is 11.7. The van der Waals surface area contributed by atoms with Gasteiger partial charge in [0.15, 0.2) is 0 Å². The number of methoxy groups -OCH3 is 1. The summed E-state index contributed by atoms with van der Waals surface area (Å²) in [5.74, 6) is -2.73. The minimum atomic E-state index is -1.23. The number of rotatable bonds is 9. The fourth-order valence-electron chi connectivity index (χ4n) is 1.39. The predicted molar refractivity (Wildman–Crippen MR) is 69.1 cm³/mol. The first-order valence-electron chi connectivity index (χ1n) is 6.09. The highest BCUT2D eigenvalue weighted by Gasteiger charge is 2.26. The van der Waals surface area contributed by atoms with Crippen LogP contribution in [0.15, 0.2) is 0 Å². The molecule has 0 rings (SSSR count). The van der Waals surface area contributed by atoms with E-state index in [0.717, 1.165) is 0 Å². The molecule has 0 aliphatic carbocycles. The Morgan fingerprint density at radius 1 is 1.40 bits per heavy atom. The molecule has 0 aliphatic rings. The number of hydrogen-bond donors (Lipinski definition) is 2. The van der Waals surface area contributed by atoms with Gasteiger partial charge >= 0.3 is 12.2 Å². The van der Waals surface area contributed by atoms with Gasteiger partial charge in [-0.2, -0.15) is 4.79 Å². The molecule has 0 spiro atoms. The lowest BCUT2D eigenvalue weighted by atomic mass is 10.0. The molecule has 2 N–H and O–H groups in total. The Morgan fingerprint density at radius 2 is 2.00 bits per heavy atom. The lowest BCUT2D eigenvalue weighted by molar-refractivity contribution is -0.143. The van der Waals surface area contributed by atoms with Crippen molar-refractivity contribution in [2.45, 2.75) is 38.8 Å². The SMILES string of the molecule is COC(C)C(C)C(=O)NC(CCC(=O)C=[N+]=[N-])C(=O)O. The zero-order valence-electron chi connectivity index (χ0n) is 11.7. The minimum absolute atomic E-state index is 0.0833. The van der Waals surface area contributed by atoms with Crippen molar-refractivity contribution < 1.29 is 29.0 Å². The summed E-state index contributed by atoms with van der Waals surface area (Å²) in [6.07, 6.45) is 0.110. The van der Waals surface area contributed by atoms with Gasteiger partial charge in [0, 0.05) is 13.5 Å². The second-order valence-electron chi connectivity index (χ2n) is 4.38. The van der Waals surface area contributed by atoms with E-state index in [1.54, 1.807) is 13.8 Å². The Hall–Kier alpha value is -2.05. The molecular formula is C12H19N3O5. The van der Waals surface area contributed by atoms with Crippen molar-refractivity contribution >= 4 is 23.9 Å². The smallest absolute Gasteiger partial charge is 0.326 e. The van der Waals surface area contributed by atoms with Crippen molar-refractivity contribution in [3.8, 4) is 0 Å². The summed E-state index contributed by atoms with van der Waals surface area (Å²) in [5.41, 5.74) is 8.17. The van der Waals surface area contributed by atoms with Gasteiger partial charge in [-0.1, -0.05) is 6.92 Å². The Kier molecular flexibility index (Phi) is 8.03. The molecule has 0 aliphatic heterocycles. The molecule has 0 bridgehead atoms. The molecule has 0 aromatic rings. The summed E-state index contributed by atoms with van der Waals surface area (Å²) in [7, 11) is 1.45. The van der Waals surface area contributed by atoms with Crippen LogP contribution in [0.5, 0.6) is 0 Å². The summed E-state index contributed by atoms with van der Waals surface area (Å²) in [4.78, 5) is 36.5. The molecule has 0 aromatic heterocycles. The van der Waals surface area contributed by atoms with Crippen molar-refractivity contribution in [1.29, 1.82) is 0 Å². The van der Waals surface area contributed by atoms with Crippen LogP contribution >= 0.6 is 0 Å². The summed E-state index contributed by atoms with van der Waals surface area (Å²) >= 11 is 0. The fourth-order valence-corrected chi connectivity index (χ4v) is 1.39. The number of carbonyl (C=O) groups is 3. The number of aliphatic carboxylic acids is 1. The summed E-state index contributed by atoms with van der Waals surface area (Å²) in [5, 5.41) is 11.4. The Morgan fingerprint density at radius 3 is 2.45 bits per heavy atom. The van der Waals surface area contributed by atoms with Gasteiger partial charge in [-0.05, 0) is 13.3 Å². The van der Waals surface area contributed by atoms with Gasteiger partial charge in [0.1, 0.15) is 6.04 Å². The molecule has 1 amide bonds. The third-order valence-corrected chi connectivity index (χ3v) is 2.99. The van der Waals surface area contributed by atoms with E-state index in [0.29, 0.717) is 6.21 Å². The van der Waals surface area contributed by atoms with Crippen molar-refractivity contribution in [1.82, 2.24) is 5.32 Å². The number of carboxylic acids is 1. The second kappa shape index (κ2) is 8.95. The van der Waals surface area contributed by atoms with Crippen molar-refractivity contribution in [3.05, 3.63) is 5.53 Å². The largest absolute Gasteiger partial charge is 0.480 e. The Balaban J connectivity index is 4.55. The highest BCUT2D eigenvalue weighted by molar-refractivity contribution is 6.25. The van der Waals surface area contributed by atoms with Crippen LogP contribution in [-0.2, 0) is 19.1 Å². The average molecular weight is 285 g/mol. The summed E-state index contributed by atoms with van der Waals surface area (Å²) in [6, 6.07) is -1.18. The number of ketones is 1. The van der Waals surface area contributed by atoms with E-state index >= 15 is 0 Å². The molecule has 3 atom stereocenters. The van der Waals surface area contributed by atoms with Crippen LogP contribution in [0.3, 0.4) is 0 Å². The molecule has 0 fully saturated rings. The van der Waals surface area contributed by atoms with Crippen LogP contribution in [0.2, 0.25) is 0 Å². The molecule has 8 heteroatoms. The van der Waals surface area contributed by atoms with E-state index in [2.05, 4.69) is 10.1 Å². The van der Waals surface area contributed by atoms with Crippen molar-refractivity contribution in [2.24, 2.45) is 5.92 Å². The summed E-state index contributed by atoms with van der Waals surface area (Å²) in [6.45, 7) is 3.31. The molecule has 3 unspecified atom stereocenters. The van der Waals surface area contributed by atoms with Gasteiger partial charge in [0.05, 0.1) is 12.0 Å². The number of hydrogen-bond acceptors (Lipinski definition) is 4. The molecule has 112 valence electrons. The molecule has 0 radical (unpaired) electrons. The van der Waals surface area contributed by atoms with Crippen LogP contribution in [-0.4, -0.2) is 53.0 Å². The Bertz CT molecular complexity index is 417. The van der Waals surface area contributed by atoms with Crippen LogP contribution in [0, 0.1) is 5.92 Å². The maximum absolute atomic E-state index is 11.8. The lowest BCUT2D eigenvalue weighted by Gasteiger charge is -2.20. The second-order valence-corrected chi connectivity index (χ2v) is 4.38. The minimum Gasteiger partial charge on any atom is -0.480 e. The Labute approximate surface area is 116 Å². The van der Waals surface area contributed by atoms with Crippen LogP contribution < -0.4 is 5.32 Å². The van der Waals surface area contributed by atoms with Crippen molar-refractivity contribution in [2.75, 3.05) is 7.11 Å². The number of nitrogens with zero attached hydrogens (tertiary/aromatic N) is 2. The van der Waals surface area contributed by atoms with Gasteiger partial charge in [0.25, 0.3) is 0 Å². The van der Waals surface area contributed by atoms with Crippen LogP contribution in [0.25, 0.3) is 5.53 Å². The first-order valence-corrected chi connectivity index (χ1v) is 6.09. The zero-order chi connectivity index (χ0) is 15.7. The normalized spacial score (nSPS) is 14.6. The molecule has 20 heavy (non-hydrogen) atoms. The first-order chi connectivity index (χ1) is 9.33. The van der Waals surface area contributed by atoms with Gasteiger partial charge < -0.3 is 20.7 Å². The first kappa shape index (κ1) is 17.9. The molecule has 0 heterocycles. The van der Waals surface area contributed by atoms with E-state index in [-0.39, 0.29) is 18.9 Å². The van der Waals surface area contributed by atoms with Gasteiger partial charge in [-0.15, -0.1) is 0 Å². The van der Waals surface area contributed by atoms with E-state index < -0.39 is 29.6 Å². The van der Waals surface area contributed by atoms with Crippen LogP contribution in [0.1, 0.15) is 26.7 Å². The predicted octanol–water partition coefficient (Wildman–Crippen LogP) is -0.123. The average Bonchev–Trinajstić information content (AvgIpc) is 2.41. The summed E-state index contributed by atoms with van der Waals surface area (Å²) < 4.78 is 5.00. The van der Waals surface area contributed by atoms with Gasteiger partial charge in [-0.3, -0.25) is 9.59 Å². The van der Waals surface area contributed by atoms with Gasteiger partial charge in [-0.25, -0.2) is 4.79 Å². The number of nitrogens with one attached hydrogen (secondary N) is 1. The fraction of sp³-hybridized carbons (Fsp3) is 0.667. The molecular weight excluding hydrogens is 266 g/mol. The van der Waals surface area contributed by atoms with E-state index in [9.17, 15) is 14.4 Å². The number of amides is 1. The molecule has 0 saturated heterocycles. The van der Waals surface area contributed by atoms with Gasteiger partial charge in [0.2, 0.25) is 11.7 Å². The molecule has 8 nitrogen and oxygen atoms in total. The standard InChI is InChI=1S/C12H19N3O5/c1-7(8(2)20-3)11(17)15-10(12(18)19)5-4-9(16)6-14-13/h6-8,10H,4-5H2,1-3H3,(H,15,17)(H,18,19). The third kappa shape index (κ3) is 6.21. The number of ether oxygens (including phenoxy) is 1. The highest BCUT2D eigenvalue weighted by Crippen LogP contribution is 2.07. The third-order valence-electron chi connectivity index (χ3n) is 2.99. The molecule has 0 saturated carbocycles. The van der Waals surface area contributed by atoms with E-state index in [4.69, 9.17) is 15.4 Å². The quantitative estimate of drug-likeness (QED) is 0.346. The topological polar surface area (TPSA) is 129 Å². The lowest BCUT2D eigenvalue weighted by Crippen LogP contribution is -2.45. The van der Waals surface area contributed by atoms with Crippen LogP contribution in [0.4, 0.5) is 0 Å². The highest BCUT2D eigenvalue weighted by atomic mass is 16.5.